The smallest absolute Gasteiger partial charge is 0.226 e. The van der Waals surface area contributed by atoms with E-state index in [0.717, 1.165) is 25.7 Å². The quantitative estimate of drug-likeness (QED) is 0.782. The molecule has 0 bridgehead atoms. The number of hydrogen-bond donors (Lipinski definition) is 0. The van der Waals surface area contributed by atoms with Crippen LogP contribution in [0.2, 0.25) is 0 Å². The van der Waals surface area contributed by atoms with E-state index in [1.54, 1.807) is 6.92 Å². The molecule has 0 N–H and O–H groups in total. The molecule has 98 valence electrons. The molecule has 2 aromatic heterocycles. The van der Waals surface area contributed by atoms with Gasteiger partial charge in [0.2, 0.25) is 17.7 Å². The van der Waals surface area contributed by atoms with E-state index in [1.165, 1.54) is 0 Å². The standard InChI is InChI=1S/C12H18N4O2/c1-8(4-6-11-13-9(2)16-18-11)5-7-12-15-14-10(3)17-12/h8H,4-7H2,1-3H3. The number of hydrogen-bond acceptors (Lipinski definition) is 6. The summed E-state index contributed by atoms with van der Waals surface area (Å²) in [4.78, 5) is 4.19. The SMILES string of the molecule is Cc1noc(CCC(C)CCc2nnc(C)o2)n1. The Balaban J connectivity index is 1.70. The maximum atomic E-state index is 5.34. The normalized spacial score (nSPS) is 12.8. The van der Waals surface area contributed by atoms with Crippen molar-refractivity contribution in [2.75, 3.05) is 0 Å². The van der Waals surface area contributed by atoms with Gasteiger partial charge in [0.15, 0.2) is 5.82 Å². The van der Waals surface area contributed by atoms with Gasteiger partial charge >= 0.3 is 0 Å². The summed E-state index contributed by atoms with van der Waals surface area (Å²) in [6.07, 6.45) is 3.69. The molecule has 0 aliphatic rings. The lowest BCUT2D eigenvalue weighted by atomic mass is 10.00. The van der Waals surface area contributed by atoms with Crippen LogP contribution >= 0.6 is 0 Å². The van der Waals surface area contributed by atoms with Gasteiger partial charge in [-0.3, -0.25) is 0 Å². The van der Waals surface area contributed by atoms with Gasteiger partial charge in [0.25, 0.3) is 0 Å². The first kappa shape index (κ1) is 12.7. The summed E-state index contributed by atoms with van der Waals surface area (Å²) in [5.41, 5.74) is 0. The first-order chi connectivity index (χ1) is 8.63. The number of nitrogens with zero attached hydrogens (tertiary/aromatic N) is 4. The molecule has 18 heavy (non-hydrogen) atoms. The van der Waals surface area contributed by atoms with Crippen molar-refractivity contribution in [3.8, 4) is 0 Å². The zero-order valence-corrected chi connectivity index (χ0v) is 11.0. The third-order valence-electron chi connectivity index (χ3n) is 2.84. The Morgan fingerprint density at radius 2 is 1.78 bits per heavy atom. The zero-order chi connectivity index (χ0) is 13.0. The molecule has 0 aromatic carbocycles. The van der Waals surface area contributed by atoms with Crippen molar-refractivity contribution in [2.45, 2.75) is 46.5 Å². The molecule has 0 fully saturated rings. The van der Waals surface area contributed by atoms with Gasteiger partial charge in [-0.25, -0.2) is 0 Å². The monoisotopic (exact) mass is 250 g/mol. The maximum Gasteiger partial charge on any atom is 0.226 e. The fraction of sp³-hybridized carbons (Fsp3) is 0.667. The van der Waals surface area contributed by atoms with Gasteiger partial charge in [-0.2, -0.15) is 4.98 Å². The summed E-state index contributed by atoms with van der Waals surface area (Å²) in [6, 6.07) is 0. The Bertz CT molecular complexity index is 447. The Labute approximate surface area is 106 Å². The van der Waals surface area contributed by atoms with E-state index in [1.807, 2.05) is 6.92 Å². The minimum atomic E-state index is 0.560. The second kappa shape index (κ2) is 5.75. The zero-order valence-electron chi connectivity index (χ0n) is 11.0. The van der Waals surface area contributed by atoms with E-state index in [-0.39, 0.29) is 0 Å². The van der Waals surface area contributed by atoms with Crippen LogP contribution in [0.1, 0.15) is 43.3 Å². The molecule has 0 radical (unpaired) electrons. The van der Waals surface area contributed by atoms with Crippen LogP contribution < -0.4 is 0 Å². The minimum absolute atomic E-state index is 0.560. The van der Waals surface area contributed by atoms with Crippen LogP contribution in [-0.2, 0) is 12.8 Å². The molecule has 0 amide bonds. The number of aromatic nitrogens is 4. The van der Waals surface area contributed by atoms with E-state index >= 15 is 0 Å². The molecule has 0 saturated carbocycles. The molecule has 2 aromatic rings. The van der Waals surface area contributed by atoms with E-state index in [4.69, 9.17) is 8.94 Å². The fourth-order valence-corrected chi connectivity index (χ4v) is 1.76. The number of rotatable bonds is 6. The Kier molecular flexibility index (Phi) is 4.07. The lowest BCUT2D eigenvalue weighted by molar-refractivity contribution is 0.355. The van der Waals surface area contributed by atoms with Crippen molar-refractivity contribution in [3.05, 3.63) is 23.5 Å². The molecule has 2 heterocycles. The molecule has 6 nitrogen and oxygen atoms in total. The summed E-state index contributed by atoms with van der Waals surface area (Å²) in [5, 5.41) is 11.6. The number of aryl methyl sites for hydroxylation is 4. The van der Waals surface area contributed by atoms with Crippen molar-refractivity contribution in [3.63, 3.8) is 0 Å². The highest BCUT2D eigenvalue weighted by molar-refractivity contribution is 4.84. The van der Waals surface area contributed by atoms with Crippen molar-refractivity contribution in [1.82, 2.24) is 20.3 Å². The Hall–Kier alpha value is -1.72. The van der Waals surface area contributed by atoms with Crippen molar-refractivity contribution in [2.24, 2.45) is 5.92 Å². The summed E-state index contributed by atoms with van der Waals surface area (Å²) in [7, 11) is 0. The molecule has 1 atom stereocenters. The molecule has 6 heteroatoms. The molecule has 0 aliphatic heterocycles. The van der Waals surface area contributed by atoms with Gasteiger partial charge in [0, 0.05) is 19.8 Å². The van der Waals surface area contributed by atoms with E-state index in [9.17, 15) is 0 Å². The molecule has 2 rings (SSSR count). The molecule has 0 saturated heterocycles. The molecular formula is C12H18N4O2. The third-order valence-corrected chi connectivity index (χ3v) is 2.84. The molecule has 1 unspecified atom stereocenters. The third kappa shape index (κ3) is 3.65. The summed E-state index contributed by atoms with van der Waals surface area (Å²) in [5.74, 6) is 3.31. The van der Waals surface area contributed by atoms with Crippen LogP contribution in [0.5, 0.6) is 0 Å². The van der Waals surface area contributed by atoms with Gasteiger partial charge in [-0.1, -0.05) is 12.1 Å². The minimum Gasteiger partial charge on any atom is -0.426 e. The predicted molar refractivity (Wildman–Crippen MR) is 63.9 cm³/mol. The van der Waals surface area contributed by atoms with Gasteiger partial charge < -0.3 is 8.94 Å². The highest BCUT2D eigenvalue weighted by Gasteiger charge is 2.09. The Morgan fingerprint density at radius 3 is 2.33 bits per heavy atom. The first-order valence-corrected chi connectivity index (χ1v) is 6.21. The van der Waals surface area contributed by atoms with E-state index in [0.29, 0.717) is 29.4 Å². The average Bonchev–Trinajstić information content (AvgIpc) is 2.93. The van der Waals surface area contributed by atoms with E-state index in [2.05, 4.69) is 27.3 Å². The highest BCUT2D eigenvalue weighted by atomic mass is 16.5. The van der Waals surface area contributed by atoms with E-state index < -0.39 is 0 Å². The fourth-order valence-electron chi connectivity index (χ4n) is 1.76. The van der Waals surface area contributed by atoms with Gasteiger partial charge in [0.1, 0.15) is 0 Å². The molecular weight excluding hydrogens is 232 g/mol. The summed E-state index contributed by atoms with van der Waals surface area (Å²) in [6.45, 7) is 5.83. The topological polar surface area (TPSA) is 77.8 Å². The average molecular weight is 250 g/mol. The Morgan fingerprint density at radius 1 is 1.06 bits per heavy atom. The van der Waals surface area contributed by atoms with Crippen LogP contribution in [0.15, 0.2) is 8.94 Å². The van der Waals surface area contributed by atoms with Crippen LogP contribution in [0.25, 0.3) is 0 Å². The highest BCUT2D eigenvalue weighted by Crippen LogP contribution is 2.14. The second-order valence-corrected chi connectivity index (χ2v) is 4.63. The van der Waals surface area contributed by atoms with Crippen molar-refractivity contribution in [1.29, 1.82) is 0 Å². The van der Waals surface area contributed by atoms with Gasteiger partial charge in [-0.05, 0) is 25.7 Å². The second-order valence-electron chi connectivity index (χ2n) is 4.63. The first-order valence-electron chi connectivity index (χ1n) is 6.21. The summed E-state index contributed by atoms with van der Waals surface area (Å²) >= 11 is 0. The molecule has 0 aliphatic carbocycles. The lowest BCUT2D eigenvalue weighted by Crippen LogP contribution is -2.00. The largest absolute Gasteiger partial charge is 0.426 e. The van der Waals surface area contributed by atoms with Crippen LogP contribution in [0, 0.1) is 19.8 Å². The maximum absolute atomic E-state index is 5.34. The van der Waals surface area contributed by atoms with Gasteiger partial charge in [-0.15, -0.1) is 10.2 Å². The van der Waals surface area contributed by atoms with Crippen LogP contribution in [0.4, 0.5) is 0 Å². The summed E-state index contributed by atoms with van der Waals surface area (Å²) < 4.78 is 10.4. The van der Waals surface area contributed by atoms with Crippen molar-refractivity contribution < 1.29 is 8.94 Å². The predicted octanol–water partition coefficient (Wildman–Crippen LogP) is 2.27. The lowest BCUT2D eigenvalue weighted by Gasteiger charge is -2.07. The van der Waals surface area contributed by atoms with Crippen LogP contribution in [-0.4, -0.2) is 20.3 Å². The molecule has 0 spiro atoms. The van der Waals surface area contributed by atoms with Crippen molar-refractivity contribution >= 4 is 0 Å². The van der Waals surface area contributed by atoms with Gasteiger partial charge in [0.05, 0.1) is 0 Å². The van der Waals surface area contributed by atoms with Crippen LogP contribution in [0.3, 0.4) is 0 Å².